The van der Waals surface area contributed by atoms with E-state index in [2.05, 4.69) is 0 Å². The second-order valence-corrected chi connectivity index (χ2v) is 0. The van der Waals surface area contributed by atoms with Crippen LogP contribution in [0.4, 0.5) is 0 Å². The molecular weight excluding hydrogens is 114 g/mol. The zero-order valence-corrected chi connectivity index (χ0v) is 5.00. The minimum absolute atomic E-state index is 0. The Hall–Kier alpha value is 1.37. The summed E-state index contributed by atoms with van der Waals surface area (Å²) in [5.74, 6) is 0. The molecular formula is H12AlNaO4. The van der Waals surface area contributed by atoms with Crippen LogP contribution >= 0.6 is 0 Å². The van der Waals surface area contributed by atoms with E-state index < -0.39 is 0 Å². The van der Waals surface area contributed by atoms with Crippen molar-refractivity contribution in [2.24, 2.45) is 0 Å². The van der Waals surface area contributed by atoms with Crippen molar-refractivity contribution in [3.05, 3.63) is 0 Å². The Labute approximate surface area is 70.1 Å². The molecule has 0 bridgehead atoms. The summed E-state index contributed by atoms with van der Waals surface area (Å²) in [5, 5.41) is 0. The van der Waals surface area contributed by atoms with E-state index in [0.717, 1.165) is 0 Å². The second-order valence-electron chi connectivity index (χ2n) is 0. The molecule has 8 N–H and O–H groups in total. The summed E-state index contributed by atoms with van der Waals surface area (Å²) in [5.41, 5.74) is 0. The van der Waals surface area contributed by atoms with E-state index in [1.807, 2.05) is 0 Å². The van der Waals surface area contributed by atoms with Gasteiger partial charge in [0.15, 0.2) is 17.4 Å². The fourth-order valence-corrected chi connectivity index (χ4v) is 0. The third kappa shape index (κ3) is 54.5. The average molecular weight is 126 g/mol. The summed E-state index contributed by atoms with van der Waals surface area (Å²) in [4.78, 5) is 0. The van der Waals surface area contributed by atoms with Crippen molar-refractivity contribution in [3.63, 3.8) is 0 Å². The van der Waals surface area contributed by atoms with Gasteiger partial charge in [-0.15, -0.1) is 0 Å². The molecule has 0 aliphatic carbocycles. The first-order valence-electron chi connectivity index (χ1n) is 0. The van der Waals surface area contributed by atoms with Gasteiger partial charge in [0.25, 0.3) is 0 Å². The third-order valence-corrected chi connectivity index (χ3v) is 0. The molecule has 0 rings (SSSR count). The van der Waals surface area contributed by atoms with Crippen molar-refractivity contribution >= 4 is 17.4 Å². The molecule has 0 aromatic carbocycles. The Morgan fingerprint density at radius 3 is 0.667 bits per heavy atom. The smallest absolute Gasteiger partial charge is 1.00 e. The SMILES string of the molecule is O.O.O.O.[AlH3].[H-].[Na+]. The van der Waals surface area contributed by atoms with Crippen LogP contribution in [0.2, 0.25) is 0 Å². The molecule has 4 nitrogen and oxygen atoms in total. The normalized spacial score (nSPS) is 0. The summed E-state index contributed by atoms with van der Waals surface area (Å²) in [7, 11) is 0. The summed E-state index contributed by atoms with van der Waals surface area (Å²) in [6.07, 6.45) is 0. The van der Waals surface area contributed by atoms with Gasteiger partial charge in [-0.05, 0) is 0 Å². The molecule has 6 heavy (non-hydrogen) atoms. The molecule has 0 heterocycles. The fraction of sp³-hybridized carbons (Fsp3) is 0. The van der Waals surface area contributed by atoms with Gasteiger partial charge in [0.2, 0.25) is 0 Å². The molecule has 6 heteroatoms. The summed E-state index contributed by atoms with van der Waals surface area (Å²) in [6, 6.07) is 0. The first kappa shape index (κ1) is 159. The van der Waals surface area contributed by atoms with Crippen molar-refractivity contribution in [3.8, 4) is 0 Å². The van der Waals surface area contributed by atoms with Gasteiger partial charge < -0.3 is 23.3 Å². The number of hydrogen-bond donors (Lipinski definition) is 0. The van der Waals surface area contributed by atoms with Crippen molar-refractivity contribution < 1.29 is 52.9 Å². The van der Waals surface area contributed by atoms with Crippen LogP contribution in [0.15, 0.2) is 0 Å². The molecule has 0 unspecified atom stereocenters. The van der Waals surface area contributed by atoms with Crippen molar-refractivity contribution in [2.75, 3.05) is 0 Å². The molecule has 0 radical (unpaired) electrons. The standard InChI is InChI=1S/Al.Na.4H2O.4H/h;;4*1H2;;;;/q;+1;;;;;;;;-1. The molecule has 0 aliphatic rings. The van der Waals surface area contributed by atoms with Crippen LogP contribution in [0.5, 0.6) is 0 Å². The zero-order valence-electron chi connectivity index (χ0n) is 4.00. The van der Waals surface area contributed by atoms with Gasteiger partial charge in [0.05, 0.1) is 0 Å². The molecule has 0 atom stereocenters. The Morgan fingerprint density at radius 1 is 0.667 bits per heavy atom. The summed E-state index contributed by atoms with van der Waals surface area (Å²) >= 11 is 0. The van der Waals surface area contributed by atoms with Gasteiger partial charge in [-0.3, -0.25) is 0 Å². The molecule has 40 valence electrons. The van der Waals surface area contributed by atoms with Crippen molar-refractivity contribution in [2.45, 2.75) is 0 Å². The Bertz CT molecular complexity index is 11.7. The van der Waals surface area contributed by atoms with Crippen LogP contribution in [-0.2, 0) is 0 Å². The van der Waals surface area contributed by atoms with Crippen LogP contribution in [0.25, 0.3) is 0 Å². The maximum Gasteiger partial charge on any atom is 1.00 e. The topological polar surface area (TPSA) is 126 Å². The van der Waals surface area contributed by atoms with E-state index in [4.69, 9.17) is 0 Å². The molecule has 0 aliphatic heterocycles. The molecule has 0 fully saturated rings. The van der Waals surface area contributed by atoms with Crippen LogP contribution < -0.4 is 29.6 Å². The van der Waals surface area contributed by atoms with E-state index in [-0.39, 0.29) is 70.2 Å². The van der Waals surface area contributed by atoms with Gasteiger partial charge in [-0.2, -0.15) is 0 Å². The predicted octanol–water partition coefficient (Wildman–Crippen LogP) is -7.37. The van der Waals surface area contributed by atoms with Gasteiger partial charge in [0, 0.05) is 0 Å². The number of hydrogen-bond acceptors (Lipinski definition) is 0. The van der Waals surface area contributed by atoms with E-state index in [9.17, 15) is 0 Å². The van der Waals surface area contributed by atoms with Gasteiger partial charge in [0.1, 0.15) is 0 Å². The van der Waals surface area contributed by atoms with Crippen LogP contribution in [0.3, 0.4) is 0 Å². The number of rotatable bonds is 0. The quantitative estimate of drug-likeness (QED) is 0.286. The Kier molecular flexibility index (Phi) is 2590. The fourth-order valence-electron chi connectivity index (χ4n) is 0. The molecule has 0 amide bonds. The monoisotopic (exact) mass is 126 g/mol. The van der Waals surface area contributed by atoms with Crippen LogP contribution in [0.1, 0.15) is 1.43 Å². The summed E-state index contributed by atoms with van der Waals surface area (Å²) < 4.78 is 0. The molecule has 0 spiro atoms. The minimum atomic E-state index is 0. The first-order chi connectivity index (χ1) is 0. The maximum absolute atomic E-state index is 0. The van der Waals surface area contributed by atoms with E-state index in [0.29, 0.717) is 0 Å². The van der Waals surface area contributed by atoms with Gasteiger partial charge in [-0.25, -0.2) is 0 Å². The third-order valence-electron chi connectivity index (χ3n) is 0. The first-order valence-corrected chi connectivity index (χ1v) is 0. The van der Waals surface area contributed by atoms with Crippen molar-refractivity contribution in [1.29, 1.82) is 0 Å². The molecule has 0 aromatic heterocycles. The average Bonchev–Trinajstić information content (AvgIpc) is 0. The van der Waals surface area contributed by atoms with Crippen LogP contribution in [-0.4, -0.2) is 39.3 Å². The Morgan fingerprint density at radius 2 is 0.667 bits per heavy atom. The summed E-state index contributed by atoms with van der Waals surface area (Å²) in [6.45, 7) is 0. The maximum atomic E-state index is 0. The van der Waals surface area contributed by atoms with E-state index in [1.165, 1.54) is 0 Å². The van der Waals surface area contributed by atoms with Crippen LogP contribution in [0, 0.1) is 0 Å². The molecule has 0 saturated carbocycles. The predicted molar refractivity (Wildman–Crippen MR) is 25.5 cm³/mol. The second kappa shape index (κ2) is 97.6. The Balaban J connectivity index is 0. The van der Waals surface area contributed by atoms with E-state index >= 15 is 0 Å². The zero-order chi connectivity index (χ0) is 0. The van der Waals surface area contributed by atoms with Crippen molar-refractivity contribution in [1.82, 2.24) is 0 Å². The molecule has 0 saturated heterocycles. The van der Waals surface area contributed by atoms with Gasteiger partial charge in [-0.1, -0.05) is 0 Å². The molecule has 0 aromatic rings. The largest absolute Gasteiger partial charge is 1.00 e. The van der Waals surface area contributed by atoms with Gasteiger partial charge >= 0.3 is 29.6 Å². The van der Waals surface area contributed by atoms with E-state index in [1.54, 1.807) is 0 Å². The minimum Gasteiger partial charge on any atom is -1.00 e.